The van der Waals surface area contributed by atoms with Crippen molar-refractivity contribution in [2.45, 2.75) is 13.3 Å². The number of Topliss-reactive ketones (excluding diaryl/α,β-unsaturated/α-hetero) is 1. The number of carbonyl (C=O) groups excluding carboxylic acids is 1. The molecule has 28 heavy (non-hydrogen) atoms. The lowest BCUT2D eigenvalue weighted by atomic mass is 10.1. The van der Waals surface area contributed by atoms with Gasteiger partial charge in [0.15, 0.2) is 5.78 Å². The normalized spacial score (nSPS) is 11.3. The lowest BCUT2D eigenvalue weighted by Gasteiger charge is -1.99. The minimum absolute atomic E-state index is 0.00885. The van der Waals surface area contributed by atoms with E-state index in [1.165, 1.54) is 0 Å². The maximum Gasteiger partial charge on any atom is 0.184 e. The van der Waals surface area contributed by atoms with E-state index in [0.29, 0.717) is 17.2 Å². The van der Waals surface area contributed by atoms with Crippen molar-refractivity contribution in [2.24, 2.45) is 0 Å². The summed E-state index contributed by atoms with van der Waals surface area (Å²) in [6, 6.07) is 11.5. The second-order valence-electron chi connectivity index (χ2n) is 6.67. The Morgan fingerprint density at radius 3 is 2.71 bits per heavy atom. The average molecular weight is 368 g/mol. The fourth-order valence-corrected chi connectivity index (χ4v) is 3.39. The SMILES string of the molecule is Cc1nccc(CC(=O)c2cc3cc4c(-c5ccncc5)n[nH]c4cc3[nH]2)n1. The molecule has 0 amide bonds. The molecule has 0 radical (unpaired) electrons. The van der Waals surface area contributed by atoms with Crippen LogP contribution >= 0.6 is 0 Å². The molecule has 0 aliphatic rings. The number of H-pyrrole nitrogens is 2. The van der Waals surface area contributed by atoms with Crippen LogP contribution in [0.3, 0.4) is 0 Å². The van der Waals surface area contributed by atoms with Crippen LogP contribution in [-0.2, 0) is 6.42 Å². The molecule has 7 nitrogen and oxygen atoms in total. The zero-order chi connectivity index (χ0) is 19.1. The summed E-state index contributed by atoms with van der Waals surface area (Å²) in [4.78, 5) is 28.4. The summed E-state index contributed by atoms with van der Waals surface area (Å²) in [5.41, 5.74) is 4.94. The van der Waals surface area contributed by atoms with Gasteiger partial charge in [-0.05, 0) is 43.3 Å². The fourth-order valence-electron chi connectivity index (χ4n) is 3.39. The van der Waals surface area contributed by atoms with Crippen LogP contribution in [0.5, 0.6) is 0 Å². The zero-order valence-corrected chi connectivity index (χ0v) is 15.1. The lowest BCUT2D eigenvalue weighted by Crippen LogP contribution is -2.06. The summed E-state index contributed by atoms with van der Waals surface area (Å²) in [7, 11) is 0. The third-order valence-corrected chi connectivity index (χ3v) is 4.73. The summed E-state index contributed by atoms with van der Waals surface area (Å²) >= 11 is 0. The van der Waals surface area contributed by atoms with Crippen LogP contribution < -0.4 is 0 Å². The number of carbonyl (C=O) groups is 1. The third kappa shape index (κ3) is 2.83. The second-order valence-corrected chi connectivity index (χ2v) is 6.67. The van der Waals surface area contributed by atoms with Gasteiger partial charge >= 0.3 is 0 Å². The molecular formula is C21H16N6O. The second kappa shape index (κ2) is 6.38. The van der Waals surface area contributed by atoms with Crippen LogP contribution in [0.4, 0.5) is 0 Å². The minimum Gasteiger partial charge on any atom is -0.352 e. The topological polar surface area (TPSA) is 100 Å². The number of hydrogen-bond acceptors (Lipinski definition) is 5. The molecule has 5 rings (SSSR count). The molecule has 136 valence electrons. The van der Waals surface area contributed by atoms with Gasteiger partial charge in [-0.25, -0.2) is 9.97 Å². The van der Waals surface area contributed by atoms with E-state index in [1.807, 2.05) is 37.3 Å². The molecule has 2 N–H and O–H groups in total. The molecule has 0 aliphatic carbocycles. The number of fused-ring (bicyclic) bond motifs is 2. The van der Waals surface area contributed by atoms with E-state index in [4.69, 9.17) is 0 Å². The van der Waals surface area contributed by atoms with Crippen LogP contribution in [-0.4, -0.2) is 35.9 Å². The molecule has 0 saturated carbocycles. The van der Waals surface area contributed by atoms with Gasteiger partial charge in [0.25, 0.3) is 0 Å². The Kier molecular flexibility index (Phi) is 3.72. The summed E-state index contributed by atoms with van der Waals surface area (Å²) in [5, 5.41) is 9.48. The molecule has 0 spiro atoms. The molecule has 0 fully saturated rings. The van der Waals surface area contributed by atoms with Gasteiger partial charge in [0, 0.05) is 40.4 Å². The summed E-state index contributed by atoms with van der Waals surface area (Å²) < 4.78 is 0. The van der Waals surface area contributed by atoms with Crippen LogP contribution in [0, 0.1) is 6.92 Å². The maximum atomic E-state index is 12.7. The number of nitrogens with one attached hydrogen (secondary N) is 2. The predicted molar refractivity (Wildman–Crippen MR) is 106 cm³/mol. The van der Waals surface area contributed by atoms with Crippen LogP contribution in [0.1, 0.15) is 22.0 Å². The lowest BCUT2D eigenvalue weighted by molar-refractivity contribution is 0.0988. The van der Waals surface area contributed by atoms with Gasteiger partial charge < -0.3 is 4.98 Å². The maximum absolute atomic E-state index is 12.7. The van der Waals surface area contributed by atoms with E-state index in [-0.39, 0.29) is 12.2 Å². The molecule has 0 atom stereocenters. The van der Waals surface area contributed by atoms with Crippen molar-refractivity contribution in [2.75, 3.05) is 0 Å². The highest BCUT2D eigenvalue weighted by atomic mass is 16.1. The van der Waals surface area contributed by atoms with Gasteiger partial charge in [0.1, 0.15) is 11.5 Å². The molecule has 1 aromatic carbocycles. The summed E-state index contributed by atoms with van der Waals surface area (Å²) in [6.45, 7) is 1.81. The average Bonchev–Trinajstić information content (AvgIpc) is 3.30. The van der Waals surface area contributed by atoms with Gasteiger partial charge in [-0.15, -0.1) is 0 Å². The molecule has 0 saturated heterocycles. The van der Waals surface area contributed by atoms with Crippen molar-refractivity contribution in [1.82, 2.24) is 30.1 Å². The molecule has 0 unspecified atom stereocenters. The largest absolute Gasteiger partial charge is 0.352 e. The number of rotatable bonds is 4. The van der Waals surface area contributed by atoms with E-state index >= 15 is 0 Å². The Balaban J connectivity index is 1.53. The Labute approximate surface area is 159 Å². The van der Waals surface area contributed by atoms with Crippen molar-refractivity contribution in [3.63, 3.8) is 0 Å². The molecule has 4 heterocycles. The van der Waals surface area contributed by atoms with Crippen molar-refractivity contribution < 1.29 is 4.79 Å². The Hall–Kier alpha value is -3.87. The number of aromatic nitrogens is 6. The van der Waals surface area contributed by atoms with E-state index in [2.05, 4.69) is 30.1 Å². The number of nitrogens with zero attached hydrogens (tertiary/aromatic N) is 4. The number of aromatic amines is 2. The zero-order valence-electron chi connectivity index (χ0n) is 15.1. The van der Waals surface area contributed by atoms with Gasteiger partial charge in [0.2, 0.25) is 0 Å². The first-order valence-electron chi connectivity index (χ1n) is 8.90. The number of aryl methyl sites for hydroxylation is 1. The molecule has 0 bridgehead atoms. The minimum atomic E-state index is -0.00885. The van der Waals surface area contributed by atoms with Crippen molar-refractivity contribution in [3.05, 3.63) is 72.2 Å². The van der Waals surface area contributed by atoms with Gasteiger partial charge in [-0.1, -0.05) is 0 Å². The quantitative estimate of drug-likeness (QED) is 0.472. The molecule has 5 aromatic rings. The third-order valence-electron chi connectivity index (χ3n) is 4.73. The van der Waals surface area contributed by atoms with E-state index < -0.39 is 0 Å². The van der Waals surface area contributed by atoms with Crippen molar-refractivity contribution >= 4 is 27.6 Å². The number of benzene rings is 1. The van der Waals surface area contributed by atoms with Crippen molar-refractivity contribution in [3.8, 4) is 11.3 Å². The van der Waals surface area contributed by atoms with Gasteiger partial charge in [0.05, 0.1) is 23.3 Å². The van der Waals surface area contributed by atoms with Crippen LogP contribution in [0.25, 0.3) is 33.1 Å². The van der Waals surface area contributed by atoms with E-state index in [0.717, 1.165) is 33.1 Å². The predicted octanol–water partition coefficient (Wildman–Crippen LogP) is 3.63. The van der Waals surface area contributed by atoms with Gasteiger partial charge in [-0.3, -0.25) is 14.9 Å². The summed E-state index contributed by atoms with van der Waals surface area (Å²) in [5.74, 6) is 0.651. The first-order valence-corrected chi connectivity index (χ1v) is 8.90. The highest BCUT2D eigenvalue weighted by Crippen LogP contribution is 2.30. The highest BCUT2D eigenvalue weighted by molar-refractivity contribution is 6.05. The Bertz CT molecular complexity index is 1320. The smallest absolute Gasteiger partial charge is 0.184 e. The highest BCUT2D eigenvalue weighted by Gasteiger charge is 2.14. The standard InChI is InChI=1S/C21H16N6O/c1-12-23-7-4-15(24-12)10-20(28)19-9-14-8-16-18(11-17(14)25-19)26-27-21(16)13-2-5-22-6-3-13/h2-9,11,25H,10H2,1H3,(H,26,27). The Morgan fingerprint density at radius 1 is 1.04 bits per heavy atom. The number of hydrogen-bond donors (Lipinski definition) is 2. The summed E-state index contributed by atoms with van der Waals surface area (Å²) in [6.07, 6.45) is 5.40. The van der Waals surface area contributed by atoms with E-state index in [1.54, 1.807) is 24.7 Å². The number of pyridine rings is 1. The first-order chi connectivity index (χ1) is 13.7. The van der Waals surface area contributed by atoms with Gasteiger partial charge in [-0.2, -0.15) is 5.10 Å². The Morgan fingerprint density at radius 2 is 1.89 bits per heavy atom. The van der Waals surface area contributed by atoms with Crippen LogP contribution in [0.15, 0.2) is 55.0 Å². The molecule has 7 heteroatoms. The molecular weight excluding hydrogens is 352 g/mol. The van der Waals surface area contributed by atoms with E-state index in [9.17, 15) is 4.79 Å². The molecule has 0 aliphatic heterocycles. The number of ketones is 1. The first kappa shape index (κ1) is 16.3. The molecule has 4 aromatic heterocycles. The van der Waals surface area contributed by atoms with Crippen LogP contribution in [0.2, 0.25) is 0 Å². The fraction of sp³-hybridized carbons (Fsp3) is 0.0952. The van der Waals surface area contributed by atoms with Crippen molar-refractivity contribution in [1.29, 1.82) is 0 Å². The monoisotopic (exact) mass is 368 g/mol.